The van der Waals surface area contributed by atoms with Crippen LogP contribution in [0, 0.1) is 0 Å². The Hall–Kier alpha value is -4.72. The summed E-state index contributed by atoms with van der Waals surface area (Å²) in [6, 6.07) is 30.4. The number of methoxy groups -OCH3 is 1. The maximum atomic E-state index is 13.6. The van der Waals surface area contributed by atoms with E-state index in [1.807, 2.05) is 84.6 Å². The second kappa shape index (κ2) is 12.4. The van der Waals surface area contributed by atoms with Gasteiger partial charge in [0, 0.05) is 37.3 Å². The minimum absolute atomic E-state index is 0.00744. The fraction of sp³-hybridized carbons (Fsp3) is 0.250. The number of hydrogen-bond acceptors (Lipinski definition) is 6. The highest BCUT2D eigenvalue weighted by Gasteiger charge is 2.29. The largest absolute Gasteiger partial charge is 0.497 e. The van der Waals surface area contributed by atoms with E-state index in [0.29, 0.717) is 37.5 Å². The molecule has 40 heavy (non-hydrogen) atoms. The summed E-state index contributed by atoms with van der Waals surface area (Å²) >= 11 is 0. The minimum atomic E-state index is -0.278. The molecule has 0 spiro atoms. The number of nitrogens with zero attached hydrogens (tertiary/aromatic N) is 5. The summed E-state index contributed by atoms with van der Waals surface area (Å²) in [7, 11) is 1.59. The van der Waals surface area contributed by atoms with Crippen molar-refractivity contribution >= 4 is 17.6 Å². The highest BCUT2D eigenvalue weighted by Crippen LogP contribution is 2.24. The monoisotopic (exact) mass is 535 g/mol. The number of hydrogen-bond donors (Lipinski definition) is 0. The van der Waals surface area contributed by atoms with E-state index < -0.39 is 0 Å². The first-order valence-electron chi connectivity index (χ1n) is 13.5. The summed E-state index contributed by atoms with van der Waals surface area (Å²) in [5, 5.41) is 8.83. The van der Waals surface area contributed by atoms with Gasteiger partial charge < -0.3 is 19.4 Å². The van der Waals surface area contributed by atoms with Gasteiger partial charge in [-0.1, -0.05) is 60.7 Å². The smallest absolute Gasteiger partial charge is 0.254 e. The Morgan fingerprint density at radius 3 is 2.08 bits per heavy atom. The Morgan fingerprint density at radius 1 is 0.825 bits per heavy atom. The third-order valence-electron chi connectivity index (χ3n) is 7.33. The fourth-order valence-electron chi connectivity index (χ4n) is 4.88. The number of benzene rings is 3. The second-order valence-corrected chi connectivity index (χ2v) is 9.76. The molecule has 1 fully saturated rings. The maximum absolute atomic E-state index is 13.6. The van der Waals surface area contributed by atoms with E-state index in [1.165, 1.54) is 0 Å². The number of carbonyl (C=O) groups excluding carboxylic acids is 2. The van der Waals surface area contributed by atoms with Crippen LogP contribution in [-0.4, -0.2) is 71.6 Å². The average molecular weight is 536 g/mol. The molecule has 0 saturated carbocycles. The molecule has 1 aliphatic rings. The predicted octanol–water partition coefficient (Wildman–Crippen LogP) is 4.70. The van der Waals surface area contributed by atoms with Gasteiger partial charge in [-0.05, 0) is 48.9 Å². The van der Waals surface area contributed by atoms with Crippen molar-refractivity contribution in [3.8, 4) is 17.0 Å². The van der Waals surface area contributed by atoms with Crippen LogP contribution in [0.5, 0.6) is 5.75 Å². The molecule has 204 valence electrons. The predicted molar refractivity (Wildman–Crippen MR) is 155 cm³/mol. The highest BCUT2D eigenvalue weighted by molar-refractivity contribution is 5.97. The summed E-state index contributed by atoms with van der Waals surface area (Å²) in [6.07, 6.45) is 0. The molecule has 4 aromatic rings. The van der Waals surface area contributed by atoms with Crippen molar-refractivity contribution in [1.29, 1.82) is 0 Å². The fourth-order valence-corrected chi connectivity index (χ4v) is 4.88. The maximum Gasteiger partial charge on any atom is 0.254 e. The van der Waals surface area contributed by atoms with Crippen molar-refractivity contribution in [2.75, 3.05) is 44.7 Å². The lowest BCUT2D eigenvalue weighted by atomic mass is 10.1. The standard InChI is InChI=1S/C32H33N5O3/c1-24(25-9-5-3-6-10-25)37(32(39)27-13-15-28(40-2)16-14-27)23-31(38)36-21-19-35(20-22-36)30-18-17-29(33-34-30)26-11-7-4-8-12-26/h3-18,24H,19-23H2,1-2H3/t24-/m0/s1. The van der Waals surface area contributed by atoms with Crippen LogP contribution < -0.4 is 9.64 Å². The molecule has 0 radical (unpaired) electrons. The number of ether oxygens (including phenoxy) is 1. The molecule has 8 nitrogen and oxygen atoms in total. The lowest BCUT2D eigenvalue weighted by Gasteiger charge is -2.37. The Labute approximate surface area is 234 Å². The van der Waals surface area contributed by atoms with Gasteiger partial charge in [0.05, 0.1) is 18.8 Å². The third-order valence-corrected chi connectivity index (χ3v) is 7.33. The van der Waals surface area contributed by atoms with Gasteiger partial charge in [0.1, 0.15) is 12.3 Å². The summed E-state index contributed by atoms with van der Waals surface area (Å²) in [6.45, 7) is 4.33. The lowest BCUT2D eigenvalue weighted by molar-refractivity contribution is -0.132. The van der Waals surface area contributed by atoms with Crippen molar-refractivity contribution in [3.05, 3.63) is 108 Å². The molecule has 2 heterocycles. The van der Waals surface area contributed by atoms with E-state index in [4.69, 9.17) is 4.74 Å². The molecule has 0 bridgehead atoms. The van der Waals surface area contributed by atoms with Crippen molar-refractivity contribution in [3.63, 3.8) is 0 Å². The van der Waals surface area contributed by atoms with Gasteiger partial charge in [0.25, 0.3) is 5.91 Å². The zero-order chi connectivity index (χ0) is 27.9. The first-order chi connectivity index (χ1) is 19.5. The zero-order valence-electron chi connectivity index (χ0n) is 22.8. The zero-order valence-corrected chi connectivity index (χ0v) is 22.8. The summed E-state index contributed by atoms with van der Waals surface area (Å²) in [5.74, 6) is 1.20. The molecule has 1 aromatic heterocycles. The molecule has 0 aliphatic carbocycles. The quantitative estimate of drug-likeness (QED) is 0.325. The number of amides is 2. The lowest BCUT2D eigenvalue weighted by Crippen LogP contribution is -2.52. The van der Waals surface area contributed by atoms with Gasteiger partial charge in [-0.3, -0.25) is 9.59 Å². The van der Waals surface area contributed by atoms with E-state index >= 15 is 0 Å². The van der Waals surface area contributed by atoms with Crippen molar-refractivity contribution < 1.29 is 14.3 Å². The molecule has 1 saturated heterocycles. The van der Waals surface area contributed by atoms with Crippen LogP contribution in [0.2, 0.25) is 0 Å². The van der Waals surface area contributed by atoms with Gasteiger partial charge in [0.2, 0.25) is 5.91 Å². The molecule has 3 aromatic carbocycles. The van der Waals surface area contributed by atoms with E-state index in [2.05, 4.69) is 15.1 Å². The normalized spacial score (nSPS) is 13.9. The molecular formula is C32H33N5O3. The highest BCUT2D eigenvalue weighted by atomic mass is 16.5. The van der Waals surface area contributed by atoms with Gasteiger partial charge in [0.15, 0.2) is 5.82 Å². The van der Waals surface area contributed by atoms with Crippen LogP contribution in [-0.2, 0) is 4.79 Å². The molecule has 1 atom stereocenters. The molecule has 0 N–H and O–H groups in total. The molecular weight excluding hydrogens is 502 g/mol. The third kappa shape index (κ3) is 6.12. The first kappa shape index (κ1) is 26.9. The first-order valence-corrected chi connectivity index (χ1v) is 13.5. The van der Waals surface area contributed by atoms with Crippen molar-refractivity contribution in [2.45, 2.75) is 13.0 Å². The van der Waals surface area contributed by atoms with Crippen molar-refractivity contribution in [2.24, 2.45) is 0 Å². The Kier molecular flexibility index (Phi) is 8.35. The van der Waals surface area contributed by atoms with Gasteiger partial charge in [-0.25, -0.2) is 0 Å². The van der Waals surface area contributed by atoms with Crippen molar-refractivity contribution in [1.82, 2.24) is 20.0 Å². The van der Waals surface area contributed by atoms with Crippen LogP contribution in [0.4, 0.5) is 5.82 Å². The number of aromatic nitrogens is 2. The number of piperazine rings is 1. The number of carbonyl (C=O) groups is 2. The topological polar surface area (TPSA) is 78.9 Å². The number of rotatable bonds is 8. The van der Waals surface area contributed by atoms with Crippen LogP contribution in [0.15, 0.2) is 97.1 Å². The molecule has 0 unspecified atom stereocenters. The number of anilines is 1. The van der Waals surface area contributed by atoms with Crippen LogP contribution in [0.25, 0.3) is 11.3 Å². The Bertz CT molecular complexity index is 1400. The summed E-state index contributed by atoms with van der Waals surface area (Å²) < 4.78 is 5.24. The Balaban J connectivity index is 1.25. The SMILES string of the molecule is COc1ccc(C(=O)N(CC(=O)N2CCN(c3ccc(-c4ccccc4)nn3)CC2)[C@@H](C)c2ccccc2)cc1. The van der Waals surface area contributed by atoms with E-state index in [9.17, 15) is 9.59 Å². The molecule has 8 heteroatoms. The summed E-state index contributed by atoms with van der Waals surface area (Å²) in [5.41, 5.74) is 3.33. The van der Waals surface area contributed by atoms with Crippen LogP contribution in [0.3, 0.4) is 0 Å². The Morgan fingerprint density at radius 2 is 1.48 bits per heavy atom. The average Bonchev–Trinajstić information content (AvgIpc) is 3.04. The van der Waals surface area contributed by atoms with E-state index in [1.54, 1.807) is 36.3 Å². The summed E-state index contributed by atoms with van der Waals surface area (Å²) in [4.78, 5) is 32.7. The van der Waals surface area contributed by atoms with Gasteiger partial charge in [-0.15, -0.1) is 10.2 Å². The molecule has 2 amide bonds. The van der Waals surface area contributed by atoms with Gasteiger partial charge >= 0.3 is 0 Å². The van der Waals surface area contributed by atoms with Crippen LogP contribution in [0.1, 0.15) is 28.9 Å². The van der Waals surface area contributed by atoms with E-state index in [0.717, 1.165) is 22.6 Å². The second-order valence-electron chi connectivity index (χ2n) is 9.76. The van der Waals surface area contributed by atoms with Gasteiger partial charge in [-0.2, -0.15) is 0 Å². The molecule has 5 rings (SSSR count). The van der Waals surface area contributed by atoms with E-state index in [-0.39, 0.29) is 24.4 Å². The minimum Gasteiger partial charge on any atom is -0.497 e. The molecule has 1 aliphatic heterocycles. The van der Waals surface area contributed by atoms with Crippen LogP contribution >= 0.6 is 0 Å².